The van der Waals surface area contributed by atoms with Crippen LogP contribution in [0.3, 0.4) is 0 Å². The van der Waals surface area contributed by atoms with E-state index in [1.54, 1.807) is 0 Å². The summed E-state index contributed by atoms with van der Waals surface area (Å²) < 4.78 is 11.1. The Morgan fingerprint density at radius 1 is 0.479 bits per heavy atom. The molecule has 0 spiro atoms. The molecule has 9 atom stereocenters. The van der Waals surface area contributed by atoms with Crippen LogP contribution in [0.15, 0.2) is 48.6 Å². The highest BCUT2D eigenvalue weighted by atomic mass is 16.7. The molecule has 11 nitrogen and oxygen atoms in total. The van der Waals surface area contributed by atoms with Crippen molar-refractivity contribution in [3.05, 3.63) is 48.6 Å². The highest BCUT2D eigenvalue weighted by molar-refractivity contribution is 5.80. The lowest BCUT2D eigenvalue weighted by Crippen LogP contribution is -2.60. The zero-order valence-corrected chi connectivity index (χ0v) is 45.5. The summed E-state index contributed by atoms with van der Waals surface area (Å²) in [6.45, 7) is 3.44. The van der Waals surface area contributed by atoms with Crippen molar-refractivity contribution in [2.45, 2.75) is 313 Å². The van der Waals surface area contributed by atoms with Crippen LogP contribution in [0, 0.1) is 0 Å². The van der Waals surface area contributed by atoms with E-state index in [2.05, 4.69) is 67.8 Å². The van der Waals surface area contributed by atoms with Crippen LogP contribution in [-0.4, -0.2) is 110 Å². The maximum absolute atomic E-state index is 13.2. The maximum atomic E-state index is 13.2. The van der Waals surface area contributed by atoms with Crippen molar-refractivity contribution in [1.82, 2.24) is 5.32 Å². The minimum Gasteiger partial charge on any atom is -0.394 e. The molecule has 1 rings (SSSR count). The Bertz CT molecular complexity index is 1290. The maximum Gasteiger partial charge on any atom is 0.249 e. The second-order valence-electron chi connectivity index (χ2n) is 20.7. The number of hydrogen-bond donors (Lipinski definition) is 8. The number of allylic oxidation sites excluding steroid dienone is 8. The van der Waals surface area contributed by atoms with Crippen molar-refractivity contribution in [3.8, 4) is 0 Å². The molecule has 8 N–H and O–H groups in total. The monoisotopic (exact) mass is 1010 g/mol. The van der Waals surface area contributed by atoms with Crippen LogP contribution in [0.25, 0.3) is 0 Å². The Morgan fingerprint density at radius 2 is 0.845 bits per heavy atom. The molecule has 0 bridgehead atoms. The molecular weight excluding hydrogens is 895 g/mol. The van der Waals surface area contributed by atoms with Gasteiger partial charge in [0.2, 0.25) is 5.91 Å². The van der Waals surface area contributed by atoms with Gasteiger partial charge in [0, 0.05) is 0 Å². The standard InChI is InChI=1S/C60H111NO10/c1-3-5-7-9-11-13-15-17-19-21-23-24-25-26-27-28-29-30-32-34-36-38-40-42-44-46-48-53(64)59(69)61-51(50-70-60-58(68)57(67)56(66)54(49-62)71-60)55(65)52(63)47-45-43-41-39-37-35-33-31-22-20-18-16-14-12-10-8-6-4-2/h16,18,26-27,31,33,39,41,51-58,60,62-68H,3-15,17,19-25,28-30,32,34-38,40,42-50H2,1-2H3,(H,61,69)/b18-16+,27-26-,33-31+,41-39+. The summed E-state index contributed by atoms with van der Waals surface area (Å²) in [6.07, 6.45) is 50.2. The zero-order chi connectivity index (χ0) is 51.8. The molecule has 0 aromatic heterocycles. The number of nitrogens with one attached hydrogen (secondary N) is 1. The molecule has 0 aromatic rings. The number of amides is 1. The fraction of sp³-hybridized carbons (Fsp3) is 0.850. The summed E-state index contributed by atoms with van der Waals surface area (Å²) in [7, 11) is 0. The van der Waals surface area contributed by atoms with Crippen molar-refractivity contribution < 1.29 is 50.0 Å². The topological polar surface area (TPSA) is 189 Å². The van der Waals surface area contributed by atoms with Crippen LogP contribution in [0.5, 0.6) is 0 Å². The molecule has 1 heterocycles. The molecular formula is C60H111NO10. The van der Waals surface area contributed by atoms with E-state index in [-0.39, 0.29) is 12.8 Å². The average Bonchev–Trinajstić information content (AvgIpc) is 3.37. The number of hydrogen-bond acceptors (Lipinski definition) is 10. The summed E-state index contributed by atoms with van der Waals surface area (Å²) in [4.78, 5) is 13.2. The van der Waals surface area contributed by atoms with Crippen molar-refractivity contribution in [2.75, 3.05) is 13.2 Å². The Labute approximate surface area is 434 Å². The average molecular weight is 1010 g/mol. The molecule has 0 aliphatic carbocycles. The number of rotatable bonds is 50. The van der Waals surface area contributed by atoms with Gasteiger partial charge in [-0.3, -0.25) is 4.79 Å². The smallest absolute Gasteiger partial charge is 0.249 e. The van der Waals surface area contributed by atoms with Crippen LogP contribution in [0.1, 0.15) is 258 Å². The lowest BCUT2D eigenvalue weighted by atomic mass is 9.98. The van der Waals surface area contributed by atoms with Gasteiger partial charge in [0.25, 0.3) is 0 Å². The second-order valence-corrected chi connectivity index (χ2v) is 20.7. The molecule has 1 fully saturated rings. The quantitative estimate of drug-likeness (QED) is 0.0215. The van der Waals surface area contributed by atoms with Gasteiger partial charge < -0.3 is 50.5 Å². The summed E-state index contributed by atoms with van der Waals surface area (Å²) >= 11 is 0. The number of aliphatic hydroxyl groups is 7. The number of ether oxygens (including phenoxy) is 2. The molecule has 9 unspecified atom stereocenters. The molecule has 11 heteroatoms. The van der Waals surface area contributed by atoms with Crippen molar-refractivity contribution in [1.29, 1.82) is 0 Å². The Hall–Kier alpha value is -1.93. The van der Waals surface area contributed by atoms with E-state index in [0.29, 0.717) is 19.3 Å². The van der Waals surface area contributed by atoms with Crippen LogP contribution < -0.4 is 5.32 Å². The van der Waals surface area contributed by atoms with Gasteiger partial charge in [-0.25, -0.2) is 0 Å². The van der Waals surface area contributed by atoms with E-state index in [1.165, 1.54) is 167 Å². The molecule has 71 heavy (non-hydrogen) atoms. The van der Waals surface area contributed by atoms with Gasteiger partial charge in [0.15, 0.2) is 6.29 Å². The zero-order valence-electron chi connectivity index (χ0n) is 45.5. The van der Waals surface area contributed by atoms with Gasteiger partial charge >= 0.3 is 0 Å². The molecule has 0 aromatic carbocycles. The predicted molar refractivity (Wildman–Crippen MR) is 293 cm³/mol. The third kappa shape index (κ3) is 37.5. The normalized spacial score (nSPS) is 20.5. The molecule has 1 saturated heterocycles. The van der Waals surface area contributed by atoms with Crippen LogP contribution in [-0.2, 0) is 14.3 Å². The second kappa shape index (κ2) is 49.0. The van der Waals surface area contributed by atoms with E-state index in [9.17, 15) is 40.5 Å². The molecule has 1 aliphatic heterocycles. The van der Waals surface area contributed by atoms with E-state index in [1.807, 2.05) is 0 Å². The minimum absolute atomic E-state index is 0.240. The third-order valence-electron chi connectivity index (χ3n) is 14.1. The highest BCUT2D eigenvalue weighted by Crippen LogP contribution is 2.23. The molecule has 0 saturated carbocycles. The molecule has 1 amide bonds. The first-order valence-corrected chi connectivity index (χ1v) is 29.5. The SMILES string of the molecule is CCCCCCC/C=C/CC/C=C/CC/C=C/CCCC(O)C(O)C(COC1OC(CO)C(O)C(O)C1O)NC(=O)C(O)CCCCCCCCCCCC/C=C\CCCCCCCCCCCCCC. The van der Waals surface area contributed by atoms with Gasteiger partial charge in [-0.2, -0.15) is 0 Å². The Balaban J connectivity index is 2.32. The van der Waals surface area contributed by atoms with Crippen LogP contribution in [0.4, 0.5) is 0 Å². The van der Waals surface area contributed by atoms with Crippen LogP contribution in [0.2, 0.25) is 0 Å². The summed E-state index contributed by atoms with van der Waals surface area (Å²) in [5.74, 6) is -0.713. The van der Waals surface area contributed by atoms with Gasteiger partial charge in [-0.1, -0.05) is 217 Å². The number of unbranched alkanes of at least 4 members (excludes halogenated alkanes) is 30. The first-order valence-electron chi connectivity index (χ1n) is 29.5. The van der Waals surface area contributed by atoms with Crippen molar-refractivity contribution in [2.24, 2.45) is 0 Å². The fourth-order valence-electron chi connectivity index (χ4n) is 9.23. The van der Waals surface area contributed by atoms with Gasteiger partial charge in [-0.05, 0) is 89.9 Å². The van der Waals surface area contributed by atoms with E-state index < -0.39 is 74.2 Å². The van der Waals surface area contributed by atoms with Gasteiger partial charge in [-0.15, -0.1) is 0 Å². The fourth-order valence-corrected chi connectivity index (χ4v) is 9.23. The first kappa shape index (κ1) is 67.1. The largest absolute Gasteiger partial charge is 0.394 e. The lowest BCUT2D eigenvalue weighted by Gasteiger charge is -2.40. The third-order valence-corrected chi connectivity index (χ3v) is 14.1. The first-order chi connectivity index (χ1) is 34.7. The van der Waals surface area contributed by atoms with Crippen LogP contribution >= 0.6 is 0 Å². The van der Waals surface area contributed by atoms with E-state index in [4.69, 9.17) is 9.47 Å². The number of carbonyl (C=O) groups is 1. The van der Waals surface area contributed by atoms with E-state index in [0.717, 1.165) is 44.9 Å². The predicted octanol–water partition coefficient (Wildman–Crippen LogP) is 12.5. The van der Waals surface area contributed by atoms with E-state index >= 15 is 0 Å². The molecule has 416 valence electrons. The van der Waals surface area contributed by atoms with Gasteiger partial charge in [0.1, 0.15) is 36.6 Å². The molecule has 0 radical (unpaired) electrons. The highest BCUT2D eigenvalue weighted by Gasteiger charge is 2.44. The van der Waals surface area contributed by atoms with Crippen molar-refractivity contribution in [3.63, 3.8) is 0 Å². The molecule has 1 aliphatic rings. The summed E-state index contributed by atoms with van der Waals surface area (Å²) in [5.41, 5.74) is 0. The minimum atomic E-state index is -1.67. The summed E-state index contributed by atoms with van der Waals surface area (Å²) in [6, 6.07) is -1.20. The summed E-state index contributed by atoms with van der Waals surface area (Å²) in [5, 5.41) is 76.1. The van der Waals surface area contributed by atoms with Crippen molar-refractivity contribution >= 4 is 5.91 Å². The Morgan fingerprint density at radius 3 is 1.25 bits per heavy atom. The van der Waals surface area contributed by atoms with Gasteiger partial charge in [0.05, 0.1) is 25.4 Å². The number of carbonyl (C=O) groups excluding carboxylic acids is 1. The lowest BCUT2D eigenvalue weighted by molar-refractivity contribution is -0.303. The number of aliphatic hydroxyl groups excluding tert-OH is 7. The Kier molecular flexibility index (Phi) is 46.3.